The Morgan fingerprint density at radius 1 is 0.962 bits per heavy atom. The SMILES string of the molecule is COc1ccc(OC)c(CC(=O)N(CCN(C)C)Cc2ccccc2)c1. The Hall–Kier alpha value is -2.53. The molecule has 0 atom stereocenters. The monoisotopic (exact) mass is 356 g/mol. The first-order valence-electron chi connectivity index (χ1n) is 8.70. The number of nitrogens with zero attached hydrogens (tertiary/aromatic N) is 2. The summed E-state index contributed by atoms with van der Waals surface area (Å²) in [5, 5.41) is 0. The lowest BCUT2D eigenvalue weighted by molar-refractivity contribution is -0.131. The number of hydrogen-bond acceptors (Lipinski definition) is 4. The molecular formula is C21H28N2O3. The minimum Gasteiger partial charge on any atom is -0.497 e. The standard InChI is InChI=1S/C21H28N2O3/c1-22(2)12-13-23(16-17-8-6-5-7-9-17)21(24)15-18-14-19(25-3)10-11-20(18)26-4/h5-11,14H,12-13,15-16H2,1-4H3. The Labute approximate surface area is 156 Å². The molecule has 5 heteroatoms. The van der Waals surface area contributed by atoms with Gasteiger partial charge in [-0.1, -0.05) is 30.3 Å². The van der Waals surface area contributed by atoms with Gasteiger partial charge in [0.25, 0.3) is 0 Å². The molecule has 2 aromatic rings. The van der Waals surface area contributed by atoms with Gasteiger partial charge in [-0.05, 0) is 37.9 Å². The minimum atomic E-state index is 0.0715. The van der Waals surface area contributed by atoms with Crippen LogP contribution < -0.4 is 9.47 Å². The van der Waals surface area contributed by atoms with E-state index in [1.165, 1.54) is 0 Å². The molecule has 0 radical (unpaired) electrons. The van der Waals surface area contributed by atoms with Crippen LogP contribution in [0.15, 0.2) is 48.5 Å². The number of carbonyl (C=O) groups is 1. The number of benzene rings is 2. The van der Waals surface area contributed by atoms with Gasteiger partial charge in [0.05, 0.1) is 20.6 Å². The van der Waals surface area contributed by atoms with E-state index in [1.54, 1.807) is 14.2 Å². The molecule has 0 heterocycles. The average molecular weight is 356 g/mol. The van der Waals surface area contributed by atoms with Gasteiger partial charge in [-0.2, -0.15) is 0 Å². The van der Waals surface area contributed by atoms with Crippen molar-refractivity contribution >= 4 is 5.91 Å². The third-order valence-electron chi connectivity index (χ3n) is 4.22. The quantitative estimate of drug-likeness (QED) is 0.693. The zero-order valence-corrected chi connectivity index (χ0v) is 16.1. The molecule has 26 heavy (non-hydrogen) atoms. The van der Waals surface area contributed by atoms with Crippen LogP contribution >= 0.6 is 0 Å². The number of ether oxygens (including phenoxy) is 2. The highest BCUT2D eigenvalue weighted by atomic mass is 16.5. The molecule has 0 unspecified atom stereocenters. The molecule has 0 saturated heterocycles. The number of hydrogen-bond donors (Lipinski definition) is 0. The summed E-state index contributed by atoms with van der Waals surface area (Å²) >= 11 is 0. The molecule has 140 valence electrons. The molecule has 2 rings (SSSR count). The van der Waals surface area contributed by atoms with Crippen molar-refractivity contribution in [1.29, 1.82) is 0 Å². The topological polar surface area (TPSA) is 42.0 Å². The van der Waals surface area contributed by atoms with E-state index in [0.29, 0.717) is 18.8 Å². The Morgan fingerprint density at radius 2 is 1.69 bits per heavy atom. The average Bonchev–Trinajstić information content (AvgIpc) is 2.65. The highest BCUT2D eigenvalue weighted by molar-refractivity contribution is 5.79. The Balaban J connectivity index is 2.17. The summed E-state index contributed by atoms with van der Waals surface area (Å²) in [6.45, 7) is 2.08. The zero-order chi connectivity index (χ0) is 18.9. The van der Waals surface area contributed by atoms with Crippen molar-refractivity contribution in [3.05, 3.63) is 59.7 Å². The molecule has 5 nitrogen and oxygen atoms in total. The molecule has 1 amide bonds. The third-order valence-corrected chi connectivity index (χ3v) is 4.22. The van der Waals surface area contributed by atoms with Crippen LogP contribution in [0.25, 0.3) is 0 Å². The molecule has 0 aliphatic heterocycles. The summed E-state index contributed by atoms with van der Waals surface area (Å²) in [4.78, 5) is 17.0. The van der Waals surface area contributed by atoms with E-state index in [0.717, 1.165) is 23.4 Å². The maximum atomic E-state index is 13.0. The summed E-state index contributed by atoms with van der Waals surface area (Å²) in [6.07, 6.45) is 0.278. The second kappa shape index (κ2) is 9.82. The Bertz CT molecular complexity index is 702. The first-order chi connectivity index (χ1) is 12.5. The minimum absolute atomic E-state index is 0.0715. The van der Waals surface area contributed by atoms with Crippen LogP contribution in [0.2, 0.25) is 0 Å². The van der Waals surface area contributed by atoms with Gasteiger partial charge in [0.1, 0.15) is 11.5 Å². The zero-order valence-electron chi connectivity index (χ0n) is 16.1. The van der Waals surface area contributed by atoms with Gasteiger partial charge < -0.3 is 19.3 Å². The van der Waals surface area contributed by atoms with Gasteiger partial charge >= 0.3 is 0 Å². The van der Waals surface area contributed by atoms with E-state index in [9.17, 15) is 4.79 Å². The smallest absolute Gasteiger partial charge is 0.227 e. The van der Waals surface area contributed by atoms with E-state index < -0.39 is 0 Å². The lowest BCUT2D eigenvalue weighted by Gasteiger charge is -2.25. The van der Waals surface area contributed by atoms with Crippen LogP contribution in [0.4, 0.5) is 0 Å². The second-order valence-corrected chi connectivity index (χ2v) is 6.46. The van der Waals surface area contributed by atoms with Gasteiger partial charge in [0.15, 0.2) is 0 Å². The molecule has 0 aliphatic rings. The summed E-state index contributed by atoms with van der Waals surface area (Å²) in [6, 6.07) is 15.6. The fourth-order valence-corrected chi connectivity index (χ4v) is 2.71. The number of methoxy groups -OCH3 is 2. The maximum Gasteiger partial charge on any atom is 0.227 e. The van der Waals surface area contributed by atoms with Crippen molar-refractivity contribution < 1.29 is 14.3 Å². The van der Waals surface area contributed by atoms with Crippen molar-refractivity contribution in [2.75, 3.05) is 41.4 Å². The Kier molecular flexibility index (Phi) is 7.48. The van der Waals surface area contributed by atoms with Crippen molar-refractivity contribution in [1.82, 2.24) is 9.80 Å². The molecular weight excluding hydrogens is 328 g/mol. The van der Waals surface area contributed by atoms with Crippen molar-refractivity contribution in [3.8, 4) is 11.5 Å². The van der Waals surface area contributed by atoms with Gasteiger partial charge in [-0.3, -0.25) is 4.79 Å². The van der Waals surface area contributed by atoms with Crippen LogP contribution in [0, 0.1) is 0 Å². The lowest BCUT2D eigenvalue weighted by Crippen LogP contribution is -2.37. The highest BCUT2D eigenvalue weighted by Gasteiger charge is 2.17. The van der Waals surface area contributed by atoms with Crippen LogP contribution in [-0.4, -0.2) is 57.1 Å². The molecule has 0 N–H and O–H groups in total. The van der Waals surface area contributed by atoms with Gasteiger partial charge in [0, 0.05) is 25.2 Å². The van der Waals surface area contributed by atoms with Crippen molar-refractivity contribution in [2.45, 2.75) is 13.0 Å². The highest BCUT2D eigenvalue weighted by Crippen LogP contribution is 2.25. The van der Waals surface area contributed by atoms with Crippen LogP contribution in [0.5, 0.6) is 11.5 Å². The van der Waals surface area contributed by atoms with Gasteiger partial charge in [-0.15, -0.1) is 0 Å². The summed E-state index contributed by atoms with van der Waals surface area (Å²) < 4.78 is 10.7. The summed E-state index contributed by atoms with van der Waals surface area (Å²) in [5.74, 6) is 1.49. The van der Waals surface area contributed by atoms with E-state index >= 15 is 0 Å². The molecule has 0 bridgehead atoms. The van der Waals surface area contributed by atoms with Crippen LogP contribution in [-0.2, 0) is 17.8 Å². The van der Waals surface area contributed by atoms with E-state index in [4.69, 9.17) is 9.47 Å². The number of likely N-dealkylation sites (N-methyl/N-ethyl adjacent to an activating group) is 1. The van der Waals surface area contributed by atoms with Gasteiger partial charge in [-0.25, -0.2) is 0 Å². The number of carbonyl (C=O) groups excluding carboxylic acids is 1. The predicted molar refractivity (Wildman–Crippen MR) is 104 cm³/mol. The third kappa shape index (κ3) is 5.77. The first-order valence-corrected chi connectivity index (χ1v) is 8.70. The Morgan fingerprint density at radius 3 is 2.31 bits per heavy atom. The van der Waals surface area contributed by atoms with Crippen LogP contribution in [0.3, 0.4) is 0 Å². The van der Waals surface area contributed by atoms with Crippen molar-refractivity contribution in [2.24, 2.45) is 0 Å². The fraction of sp³-hybridized carbons (Fsp3) is 0.381. The summed E-state index contributed by atoms with van der Waals surface area (Å²) in [5.41, 5.74) is 1.96. The van der Waals surface area contributed by atoms with E-state index in [1.807, 2.05) is 67.5 Å². The van der Waals surface area contributed by atoms with Gasteiger partial charge in [0.2, 0.25) is 5.91 Å². The largest absolute Gasteiger partial charge is 0.497 e. The number of rotatable bonds is 9. The molecule has 0 aromatic heterocycles. The van der Waals surface area contributed by atoms with Crippen molar-refractivity contribution in [3.63, 3.8) is 0 Å². The number of amides is 1. The summed E-state index contributed by atoms with van der Waals surface area (Å²) in [7, 11) is 7.25. The maximum absolute atomic E-state index is 13.0. The van der Waals surface area contributed by atoms with E-state index in [-0.39, 0.29) is 12.3 Å². The second-order valence-electron chi connectivity index (χ2n) is 6.46. The first kappa shape index (κ1) is 19.8. The molecule has 0 spiro atoms. The molecule has 2 aromatic carbocycles. The van der Waals surface area contributed by atoms with Crippen LogP contribution in [0.1, 0.15) is 11.1 Å². The fourth-order valence-electron chi connectivity index (χ4n) is 2.71. The normalized spacial score (nSPS) is 10.7. The molecule has 0 saturated carbocycles. The molecule has 0 aliphatic carbocycles. The molecule has 0 fully saturated rings. The predicted octanol–water partition coefficient (Wildman–Crippen LogP) is 2.84. The van der Waals surface area contributed by atoms with E-state index in [2.05, 4.69) is 4.90 Å². The lowest BCUT2D eigenvalue weighted by atomic mass is 10.1.